The monoisotopic (exact) mass is 450 g/mol. The third-order valence-electron chi connectivity index (χ3n) is 4.00. The Bertz CT molecular complexity index is 1160. The lowest BCUT2D eigenvalue weighted by Crippen LogP contribution is -2.31. The SMILES string of the molecule is CN(C(=O)Nc1ncc(Oc2cccc(F)c2)s1)c1cccc(S(=O)(=O)N(C)C)c1. The number of hydrogen-bond donors (Lipinski definition) is 1. The van der Waals surface area contributed by atoms with E-state index in [-0.39, 0.29) is 10.0 Å². The number of aromatic nitrogens is 1. The van der Waals surface area contributed by atoms with Gasteiger partial charge in [0.25, 0.3) is 0 Å². The van der Waals surface area contributed by atoms with Gasteiger partial charge in [0, 0.05) is 32.9 Å². The van der Waals surface area contributed by atoms with E-state index in [4.69, 9.17) is 4.74 Å². The molecule has 0 atom stereocenters. The summed E-state index contributed by atoms with van der Waals surface area (Å²) < 4.78 is 44.5. The highest BCUT2D eigenvalue weighted by Crippen LogP contribution is 2.31. The smallest absolute Gasteiger partial charge is 0.327 e. The van der Waals surface area contributed by atoms with Gasteiger partial charge in [0.1, 0.15) is 11.6 Å². The molecule has 3 aromatic rings. The molecule has 0 unspecified atom stereocenters. The van der Waals surface area contributed by atoms with Crippen molar-refractivity contribution in [3.05, 3.63) is 60.5 Å². The van der Waals surface area contributed by atoms with E-state index in [0.717, 1.165) is 15.6 Å². The number of carbonyl (C=O) groups excluding carboxylic acids is 1. The zero-order valence-electron chi connectivity index (χ0n) is 16.4. The molecule has 1 N–H and O–H groups in total. The number of thiazole rings is 1. The van der Waals surface area contributed by atoms with Crippen LogP contribution in [-0.4, -0.2) is 44.9 Å². The van der Waals surface area contributed by atoms with Crippen LogP contribution in [0.2, 0.25) is 0 Å². The second-order valence-electron chi connectivity index (χ2n) is 6.32. The van der Waals surface area contributed by atoms with Crippen molar-refractivity contribution < 1.29 is 22.3 Å². The largest absolute Gasteiger partial charge is 0.445 e. The van der Waals surface area contributed by atoms with Gasteiger partial charge in [0.05, 0.1) is 11.1 Å². The summed E-state index contributed by atoms with van der Waals surface area (Å²) in [7, 11) is 0.753. The molecule has 11 heteroatoms. The number of benzene rings is 2. The Balaban J connectivity index is 1.70. The molecule has 2 amide bonds. The molecule has 0 aliphatic heterocycles. The lowest BCUT2D eigenvalue weighted by molar-refractivity contribution is 0.258. The third kappa shape index (κ3) is 4.93. The standard InChI is InChI=1S/C19H19FN4O4S2/c1-23(2)30(26,27)16-9-5-7-14(11-16)24(3)19(25)22-18-21-12-17(29-18)28-15-8-4-6-13(20)10-15/h4-12H,1-3H3,(H,21,22,25). The highest BCUT2D eigenvalue weighted by molar-refractivity contribution is 7.89. The summed E-state index contributed by atoms with van der Waals surface area (Å²) in [5.74, 6) is -0.113. The normalized spacial score (nSPS) is 11.4. The summed E-state index contributed by atoms with van der Waals surface area (Å²) in [4.78, 5) is 18.0. The van der Waals surface area contributed by atoms with Crippen molar-refractivity contribution in [2.75, 3.05) is 31.4 Å². The van der Waals surface area contributed by atoms with Crippen molar-refractivity contribution in [1.29, 1.82) is 0 Å². The molecular weight excluding hydrogens is 431 g/mol. The molecule has 3 rings (SSSR count). The van der Waals surface area contributed by atoms with Crippen LogP contribution in [0.15, 0.2) is 59.6 Å². The molecular formula is C19H19FN4O4S2. The van der Waals surface area contributed by atoms with Crippen molar-refractivity contribution in [1.82, 2.24) is 9.29 Å². The number of amides is 2. The lowest BCUT2D eigenvalue weighted by atomic mass is 10.3. The Hall–Kier alpha value is -3.02. The van der Waals surface area contributed by atoms with Gasteiger partial charge in [-0.1, -0.05) is 23.5 Å². The van der Waals surface area contributed by atoms with Gasteiger partial charge in [-0.3, -0.25) is 10.2 Å². The molecule has 0 saturated carbocycles. The predicted molar refractivity (Wildman–Crippen MR) is 113 cm³/mol. The van der Waals surface area contributed by atoms with Crippen LogP contribution in [0, 0.1) is 5.82 Å². The van der Waals surface area contributed by atoms with Crippen molar-refractivity contribution in [3.63, 3.8) is 0 Å². The van der Waals surface area contributed by atoms with Gasteiger partial charge in [-0.05, 0) is 30.3 Å². The van der Waals surface area contributed by atoms with Crippen LogP contribution in [0.3, 0.4) is 0 Å². The second kappa shape index (κ2) is 8.78. The van der Waals surface area contributed by atoms with Crippen molar-refractivity contribution in [2.45, 2.75) is 4.90 Å². The predicted octanol–water partition coefficient (Wildman–Crippen LogP) is 3.99. The Morgan fingerprint density at radius 2 is 1.87 bits per heavy atom. The molecule has 30 heavy (non-hydrogen) atoms. The first-order chi connectivity index (χ1) is 14.2. The number of nitrogens with zero attached hydrogens (tertiary/aromatic N) is 3. The number of ether oxygens (including phenoxy) is 1. The fourth-order valence-corrected chi connectivity index (χ4v) is 3.99. The van der Waals surface area contributed by atoms with E-state index in [1.807, 2.05) is 0 Å². The zero-order valence-corrected chi connectivity index (χ0v) is 18.0. The summed E-state index contributed by atoms with van der Waals surface area (Å²) in [6.45, 7) is 0. The van der Waals surface area contributed by atoms with Gasteiger partial charge < -0.3 is 4.74 Å². The summed E-state index contributed by atoms with van der Waals surface area (Å²) in [6, 6.07) is 11.2. The molecule has 0 radical (unpaired) electrons. The van der Waals surface area contributed by atoms with E-state index in [1.54, 1.807) is 18.2 Å². The average molecular weight is 451 g/mol. The van der Waals surface area contributed by atoms with Crippen LogP contribution in [-0.2, 0) is 10.0 Å². The number of urea groups is 1. The van der Waals surface area contributed by atoms with E-state index < -0.39 is 21.9 Å². The summed E-state index contributed by atoms with van der Waals surface area (Å²) in [5.41, 5.74) is 0.392. The first-order valence-electron chi connectivity index (χ1n) is 8.63. The van der Waals surface area contributed by atoms with Crippen LogP contribution in [0.25, 0.3) is 0 Å². The Labute approximate surface area is 177 Å². The minimum absolute atomic E-state index is 0.0738. The molecule has 2 aromatic carbocycles. The van der Waals surface area contributed by atoms with Crippen LogP contribution >= 0.6 is 11.3 Å². The molecule has 158 valence electrons. The molecule has 1 aromatic heterocycles. The van der Waals surface area contributed by atoms with Crippen molar-refractivity contribution in [2.24, 2.45) is 0 Å². The van der Waals surface area contributed by atoms with Crippen LogP contribution < -0.4 is 15.0 Å². The van der Waals surface area contributed by atoms with E-state index in [9.17, 15) is 17.6 Å². The molecule has 1 heterocycles. The zero-order chi connectivity index (χ0) is 21.9. The number of rotatable bonds is 6. The number of hydrogen-bond acceptors (Lipinski definition) is 6. The Morgan fingerprint density at radius 1 is 1.13 bits per heavy atom. The maximum atomic E-state index is 13.2. The van der Waals surface area contributed by atoms with Gasteiger partial charge in [0.2, 0.25) is 15.1 Å². The van der Waals surface area contributed by atoms with Crippen LogP contribution in [0.5, 0.6) is 10.8 Å². The van der Waals surface area contributed by atoms with E-state index >= 15 is 0 Å². The highest BCUT2D eigenvalue weighted by Gasteiger charge is 2.20. The Morgan fingerprint density at radius 3 is 2.57 bits per heavy atom. The molecule has 0 aliphatic rings. The van der Waals surface area contributed by atoms with Crippen LogP contribution in [0.1, 0.15) is 0 Å². The quantitative estimate of drug-likeness (QED) is 0.613. The third-order valence-corrected chi connectivity index (χ3v) is 6.60. The fraction of sp³-hybridized carbons (Fsp3) is 0.158. The van der Waals surface area contributed by atoms with Crippen molar-refractivity contribution >= 4 is 38.2 Å². The van der Waals surface area contributed by atoms with Crippen LogP contribution in [0.4, 0.5) is 20.0 Å². The van der Waals surface area contributed by atoms with Gasteiger partial charge in [-0.25, -0.2) is 26.9 Å². The Kier molecular flexibility index (Phi) is 6.34. The maximum absolute atomic E-state index is 13.2. The molecule has 0 spiro atoms. The van der Waals surface area contributed by atoms with Gasteiger partial charge in [-0.2, -0.15) is 0 Å². The van der Waals surface area contributed by atoms with E-state index in [0.29, 0.717) is 16.5 Å². The topological polar surface area (TPSA) is 91.8 Å². The minimum Gasteiger partial charge on any atom is -0.445 e. The molecule has 0 bridgehead atoms. The molecule has 0 saturated heterocycles. The first kappa shape index (κ1) is 21.7. The number of nitrogens with one attached hydrogen (secondary N) is 1. The summed E-state index contributed by atoms with van der Waals surface area (Å²) in [5, 5.41) is 3.27. The minimum atomic E-state index is -3.63. The number of anilines is 2. The van der Waals surface area contributed by atoms with E-state index in [1.165, 1.54) is 62.6 Å². The molecule has 8 nitrogen and oxygen atoms in total. The van der Waals surface area contributed by atoms with Gasteiger partial charge in [-0.15, -0.1) is 0 Å². The molecule has 0 aliphatic carbocycles. The second-order valence-corrected chi connectivity index (χ2v) is 9.46. The first-order valence-corrected chi connectivity index (χ1v) is 10.9. The number of halogens is 1. The molecule has 0 fully saturated rings. The van der Waals surface area contributed by atoms with Crippen molar-refractivity contribution in [3.8, 4) is 10.8 Å². The average Bonchev–Trinajstić information content (AvgIpc) is 3.14. The number of carbonyl (C=O) groups is 1. The van der Waals surface area contributed by atoms with Gasteiger partial charge >= 0.3 is 6.03 Å². The number of sulfonamides is 1. The lowest BCUT2D eigenvalue weighted by Gasteiger charge is -2.19. The summed E-state index contributed by atoms with van der Waals surface area (Å²) in [6.07, 6.45) is 1.41. The summed E-state index contributed by atoms with van der Waals surface area (Å²) >= 11 is 1.07. The fourth-order valence-electron chi connectivity index (χ4n) is 2.37. The maximum Gasteiger partial charge on any atom is 0.327 e. The van der Waals surface area contributed by atoms with Gasteiger partial charge in [0.15, 0.2) is 5.13 Å². The van der Waals surface area contributed by atoms with E-state index in [2.05, 4.69) is 10.3 Å². The highest BCUT2D eigenvalue weighted by atomic mass is 32.2.